The summed E-state index contributed by atoms with van der Waals surface area (Å²) in [5.74, 6) is 2.00. The fourth-order valence-corrected chi connectivity index (χ4v) is 2.49. The monoisotopic (exact) mass is 167 g/mol. The second kappa shape index (κ2) is 2.48. The predicted molar refractivity (Wildman–Crippen MR) is 47.6 cm³/mol. The minimum atomic E-state index is 0.237. The topological polar surface area (TPSA) is 29.1 Å². The molecule has 3 unspecified atom stereocenters. The van der Waals surface area contributed by atoms with Crippen LogP contribution in [0.1, 0.15) is 33.1 Å². The largest absolute Gasteiger partial charge is 0.356 e. The van der Waals surface area contributed by atoms with E-state index < -0.39 is 0 Å². The third-order valence-corrected chi connectivity index (χ3v) is 3.62. The normalized spacial score (nSPS) is 47.0. The van der Waals surface area contributed by atoms with E-state index in [9.17, 15) is 4.79 Å². The Hall–Kier alpha value is -0.530. The molecule has 1 amide bonds. The van der Waals surface area contributed by atoms with Gasteiger partial charge in [0.15, 0.2) is 0 Å². The number of carbonyl (C=O) groups is 1. The highest BCUT2D eigenvalue weighted by Crippen LogP contribution is 2.53. The first-order chi connectivity index (χ1) is 5.62. The summed E-state index contributed by atoms with van der Waals surface area (Å²) in [6.07, 6.45) is 3.19. The van der Waals surface area contributed by atoms with Crippen molar-refractivity contribution >= 4 is 5.91 Å². The van der Waals surface area contributed by atoms with Crippen molar-refractivity contribution in [1.29, 1.82) is 0 Å². The molecule has 2 fully saturated rings. The van der Waals surface area contributed by atoms with Crippen molar-refractivity contribution in [2.24, 2.45) is 17.3 Å². The van der Waals surface area contributed by atoms with Crippen LogP contribution in [-0.4, -0.2) is 12.5 Å². The average molecular weight is 167 g/mol. The Labute approximate surface area is 73.7 Å². The first kappa shape index (κ1) is 8.09. The van der Waals surface area contributed by atoms with E-state index in [1.54, 1.807) is 0 Å². The van der Waals surface area contributed by atoms with Gasteiger partial charge in [-0.2, -0.15) is 0 Å². The van der Waals surface area contributed by atoms with Crippen LogP contribution in [0.2, 0.25) is 0 Å². The number of hydrogen-bond donors (Lipinski definition) is 1. The van der Waals surface area contributed by atoms with Crippen LogP contribution in [0.15, 0.2) is 0 Å². The molecule has 2 heteroatoms. The first-order valence-corrected chi connectivity index (χ1v) is 4.88. The summed E-state index contributed by atoms with van der Waals surface area (Å²) >= 11 is 0. The zero-order chi connectivity index (χ0) is 8.77. The number of nitrogens with one attached hydrogen (secondary N) is 1. The Morgan fingerprint density at radius 3 is 2.67 bits per heavy atom. The molecular formula is C10H17NO. The minimum Gasteiger partial charge on any atom is -0.356 e. The summed E-state index contributed by atoms with van der Waals surface area (Å²) in [7, 11) is 0. The lowest BCUT2D eigenvalue weighted by Gasteiger charge is -2.34. The molecule has 2 nitrogen and oxygen atoms in total. The van der Waals surface area contributed by atoms with Gasteiger partial charge in [0.25, 0.3) is 0 Å². The number of amides is 1. The third kappa shape index (κ3) is 1.23. The summed E-state index contributed by atoms with van der Waals surface area (Å²) < 4.78 is 0. The fourth-order valence-electron chi connectivity index (χ4n) is 2.49. The molecule has 0 bridgehead atoms. The molecule has 1 saturated carbocycles. The molecule has 68 valence electrons. The zero-order valence-electron chi connectivity index (χ0n) is 7.89. The van der Waals surface area contributed by atoms with E-state index in [4.69, 9.17) is 0 Å². The summed E-state index contributed by atoms with van der Waals surface area (Å²) in [4.78, 5) is 11.0. The molecule has 0 aromatic heterocycles. The van der Waals surface area contributed by atoms with Crippen LogP contribution in [0.3, 0.4) is 0 Å². The van der Waals surface area contributed by atoms with Crippen LogP contribution in [0.4, 0.5) is 0 Å². The molecule has 12 heavy (non-hydrogen) atoms. The quantitative estimate of drug-likeness (QED) is 0.631. The molecule has 1 heterocycles. The number of piperidine rings is 1. The minimum absolute atomic E-state index is 0.237. The molecule has 1 aliphatic heterocycles. The van der Waals surface area contributed by atoms with Gasteiger partial charge in [0, 0.05) is 13.0 Å². The van der Waals surface area contributed by atoms with E-state index in [1.165, 1.54) is 6.42 Å². The molecule has 2 rings (SSSR count). The summed E-state index contributed by atoms with van der Waals surface area (Å²) in [6, 6.07) is 0. The summed E-state index contributed by atoms with van der Waals surface area (Å²) in [6.45, 7) is 5.54. The SMILES string of the molecule is CC1CC1C1(C)CCC(=O)NC1. The summed E-state index contributed by atoms with van der Waals surface area (Å²) in [5.41, 5.74) is 0.410. The second-order valence-corrected chi connectivity index (χ2v) is 4.75. The van der Waals surface area contributed by atoms with Crippen molar-refractivity contribution < 1.29 is 4.79 Å². The molecule has 0 radical (unpaired) electrons. The number of hydrogen-bond acceptors (Lipinski definition) is 1. The van der Waals surface area contributed by atoms with E-state index in [0.29, 0.717) is 5.41 Å². The van der Waals surface area contributed by atoms with Crippen molar-refractivity contribution in [2.75, 3.05) is 6.54 Å². The molecular weight excluding hydrogens is 150 g/mol. The highest BCUT2D eigenvalue weighted by Gasteiger charge is 2.48. The van der Waals surface area contributed by atoms with Gasteiger partial charge in [-0.05, 0) is 30.1 Å². The van der Waals surface area contributed by atoms with Crippen LogP contribution < -0.4 is 5.32 Å². The van der Waals surface area contributed by atoms with E-state index in [0.717, 1.165) is 31.2 Å². The predicted octanol–water partition coefficient (Wildman–Crippen LogP) is 1.56. The van der Waals surface area contributed by atoms with Crippen molar-refractivity contribution in [3.05, 3.63) is 0 Å². The zero-order valence-corrected chi connectivity index (χ0v) is 7.89. The Kier molecular flexibility index (Phi) is 1.67. The van der Waals surface area contributed by atoms with E-state index in [-0.39, 0.29) is 5.91 Å². The Bertz CT molecular complexity index is 202. The molecule has 0 aromatic carbocycles. The Morgan fingerprint density at radius 1 is 1.58 bits per heavy atom. The third-order valence-electron chi connectivity index (χ3n) is 3.62. The van der Waals surface area contributed by atoms with Gasteiger partial charge < -0.3 is 5.32 Å². The van der Waals surface area contributed by atoms with Gasteiger partial charge in [0.1, 0.15) is 0 Å². The van der Waals surface area contributed by atoms with Gasteiger partial charge >= 0.3 is 0 Å². The van der Waals surface area contributed by atoms with Crippen molar-refractivity contribution in [1.82, 2.24) is 5.32 Å². The molecule has 1 N–H and O–H groups in total. The van der Waals surface area contributed by atoms with E-state index in [2.05, 4.69) is 19.2 Å². The lowest BCUT2D eigenvalue weighted by Crippen LogP contribution is -2.43. The van der Waals surface area contributed by atoms with Crippen molar-refractivity contribution in [3.8, 4) is 0 Å². The Morgan fingerprint density at radius 2 is 2.25 bits per heavy atom. The molecule has 1 saturated heterocycles. The van der Waals surface area contributed by atoms with E-state index in [1.807, 2.05) is 0 Å². The van der Waals surface area contributed by atoms with Crippen LogP contribution in [0.25, 0.3) is 0 Å². The van der Waals surface area contributed by atoms with Crippen LogP contribution in [-0.2, 0) is 4.79 Å². The molecule has 1 aliphatic carbocycles. The molecule has 0 aromatic rings. The maximum Gasteiger partial charge on any atom is 0.220 e. The summed E-state index contributed by atoms with van der Waals surface area (Å²) in [5, 5.41) is 2.98. The van der Waals surface area contributed by atoms with Gasteiger partial charge in [0.2, 0.25) is 5.91 Å². The molecule has 0 spiro atoms. The fraction of sp³-hybridized carbons (Fsp3) is 0.900. The van der Waals surface area contributed by atoms with Gasteiger partial charge in [-0.15, -0.1) is 0 Å². The van der Waals surface area contributed by atoms with Gasteiger partial charge in [0.05, 0.1) is 0 Å². The van der Waals surface area contributed by atoms with E-state index >= 15 is 0 Å². The standard InChI is InChI=1S/C10H17NO/c1-7-5-8(7)10(2)4-3-9(12)11-6-10/h7-8H,3-6H2,1-2H3,(H,11,12). The van der Waals surface area contributed by atoms with Crippen LogP contribution in [0, 0.1) is 17.3 Å². The molecule has 2 aliphatic rings. The maximum atomic E-state index is 11.0. The van der Waals surface area contributed by atoms with Gasteiger partial charge in [-0.3, -0.25) is 4.79 Å². The maximum absolute atomic E-state index is 11.0. The number of rotatable bonds is 1. The number of carbonyl (C=O) groups excluding carboxylic acids is 1. The van der Waals surface area contributed by atoms with Crippen LogP contribution in [0.5, 0.6) is 0 Å². The lowest BCUT2D eigenvalue weighted by atomic mass is 9.77. The molecule has 3 atom stereocenters. The average Bonchev–Trinajstić information content (AvgIpc) is 2.75. The Balaban J connectivity index is 1.98. The highest BCUT2D eigenvalue weighted by atomic mass is 16.1. The highest BCUT2D eigenvalue weighted by molar-refractivity contribution is 5.76. The second-order valence-electron chi connectivity index (χ2n) is 4.75. The lowest BCUT2D eigenvalue weighted by molar-refractivity contribution is -0.124. The smallest absolute Gasteiger partial charge is 0.220 e. The van der Waals surface area contributed by atoms with Gasteiger partial charge in [-0.25, -0.2) is 0 Å². The van der Waals surface area contributed by atoms with Crippen molar-refractivity contribution in [3.63, 3.8) is 0 Å². The van der Waals surface area contributed by atoms with Crippen LogP contribution >= 0.6 is 0 Å². The van der Waals surface area contributed by atoms with Crippen molar-refractivity contribution in [2.45, 2.75) is 33.1 Å². The first-order valence-electron chi connectivity index (χ1n) is 4.88. The van der Waals surface area contributed by atoms with Gasteiger partial charge in [-0.1, -0.05) is 13.8 Å².